The fraction of sp³-hybridized carbons (Fsp3) is 0.600. The second kappa shape index (κ2) is 9.18. The molecule has 0 saturated carbocycles. The molecule has 0 aromatic heterocycles. The van der Waals surface area contributed by atoms with Crippen molar-refractivity contribution in [2.24, 2.45) is 5.92 Å². The molecule has 1 aromatic rings. The Morgan fingerprint density at radius 1 is 1.48 bits per heavy atom. The smallest absolute Gasteiger partial charge is 0.333 e. The Morgan fingerprint density at radius 2 is 2.24 bits per heavy atom. The summed E-state index contributed by atoms with van der Waals surface area (Å²) in [5.74, 6) is 0.552. The molecular weight excluding hydrogens is 272 g/mol. The van der Waals surface area contributed by atoms with Crippen LogP contribution in [0.3, 0.4) is 0 Å². The molecule has 21 heavy (non-hydrogen) atoms. The van der Waals surface area contributed by atoms with Crippen molar-refractivity contribution in [1.82, 2.24) is 0 Å². The molecule has 0 fully saturated rings. The summed E-state index contributed by atoms with van der Waals surface area (Å²) in [7, 11) is 0. The summed E-state index contributed by atoms with van der Waals surface area (Å²) in [6.45, 7) is 5.18. The molecule has 1 rings (SSSR count). The van der Waals surface area contributed by atoms with Crippen molar-refractivity contribution in [3.05, 3.63) is 28.3 Å². The van der Waals surface area contributed by atoms with Gasteiger partial charge >= 0.3 is 5.69 Å². The highest BCUT2D eigenvalue weighted by molar-refractivity contribution is 5.68. The third-order valence-corrected chi connectivity index (χ3v) is 3.14. The second-order valence-electron chi connectivity index (χ2n) is 5.11. The highest BCUT2D eigenvalue weighted by Crippen LogP contribution is 2.34. The molecule has 0 saturated heterocycles. The summed E-state index contributed by atoms with van der Waals surface area (Å²) >= 11 is 0. The van der Waals surface area contributed by atoms with Crippen LogP contribution in [-0.4, -0.2) is 29.8 Å². The number of nitro benzene ring substituents is 1. The van der Waals surface area contributed by atoms with Crippen molar-refractivity contribution in [3.8, 4) is 5.75 Å². The fourth-order valence-corrected chi connectivity index (χ4v) is 1.95. The minimum Gasteiger partial charge on any atom is -0.487 e. The van der Waals surface area contributed by atoms with Gasteiger partial charge in [0.2, 0.25) is 0 Å². The third kappa shape index (κ3) is 5.59. The summed E-state index contributed by atoms with van der Waals surface area (Å²) in [4.78, 5) is 10.8. The van der Waals surface area contributed by atoms with Gasteiger partial charge in [0, 0.05) is 13.2 Å². The zero-order valence-electron chi connectivity index (χ0n) is 12.7. The molecule has 0 spiro atoms. The van der Waals surface area contributed by atoms with E-state index in [0.29, 0.717) is 24.6 Å². The van der Waals surface area contributed by atoms with E-state index < -0.39 is 4.92 Å². The summed E-state index contributed by atoms with van der Waals surface area (Å²) in [6.07, 6.45) is 2.52. The van der Waals surface area contributed by atoms with E-state index in [0.717, 1.165) is 19.3 Å². The summed E-state index contributed by atoms with van der Waals surface area (Å²) in [6, 6.07) is 5.05. The number of rotatable bonds is 10. The maximum atomic E-state index is 11.2. The number of anilines is 1. The molecule has 1 atom stereocenters. The first-order valence-corrected chi connectivity index (χ1v) is 7.35. The highest BCUT2D eigenvalue weighted by atomic mass is 16.6. The van der Waals surface area contributed by atoms with E-state index >= 15 is 0 Å². The molecule has 0 bridgehead atoms. The molecular formula is C15H24N2O4. The van der Waals surface area contributed by atoms with Crippen LogP contribution in [0, 0.1) is 16.0 Å². The number of hydrogen-bond donors (Lipinski definition) is 2. The van der Waals surface area contributed by atoms with Gasteiger partial charge < -0.3 is 15.2 Å². The van der Waals surface area contributed by atoms with Crippen molar-refractivity contribution in [2.45, 2.75) is 33.1 Å². The molecule has 0 heterocycles. The number of aliphatic hydroxyl groups excluding tert-OH is 1. The van der Waals surface area contributed by atoms with E-state index in [4.69, 9.17) is 9.84 Å². The van der Waals surface area contributed by atoms with Gasteiger partial charge in [0.15, 0.2) is 5.75 Å². The van der Waals surface area contributed by atoms with Crippen molar-refractivity contribution in [3.63, 3.8) is 0 Å². The van der Waals surface area contributed by atoms with Crippen molar-refractivity contribution < 1.29 is 14.8 Å². The lowest BCUT2D eigenvalue weighted by Gasteiger charge is -2.12. The molecule has 6 nitrogen and oxygen atoms in total. The lowest BCUT2D eigenvalue weighted by molar-refractivity contribution is -0.385. The van der Waals surface area contributed by atoms with Gasteiger partial charge in [-0.2, -0.15) is 0 Å². The number of ether oxygens (including phenoxy) is 1. The molecule has 0 aliphatic rings. The lowest BCUT2D eigenvalue weighted by Crippen LogP contribution is -2.08. The fourth-order valence-electron chi connectivity index (χ4n) is 1.95. The Balaban J connectivity index is 2.70. The van der Waals surface area contributed by atoms with Gasteiger partial charge in [-0.05, 0) is 37.3 Å². The van der Waals surface area contributed by atoms with Crippen LogP contribution in [0.1, 0.15) is 33.1 Å². The first-order valence-electron chi connectivity index (χ1n) is 7.35. The highest BCUT2D eigenvalue weighted by Gasteiger charge is 2.20. The summed E-state index contributed by atoms with van der Waals surface area (Å²) < 4.78 is 5.44. The van der Waals surface area contributed by atoms with Crippen LogP contribution in [-0.2, 0) is 0 Å². The molecule has 118 valence electrons. The van der Waals surface area contributed by atoms with Crippen LogP contribution >= 0.6 is 0 Å². The molecule has 0 aliphatic heterocycles. The minimum absolute atomic E-state index is 0.0128. The van der Waals surface area contributed by atoms with Gasteiger partial charge in [0.05, 0.1) is 11.5 Å². The van der Waals surface area contributed by atoms with Crippen LogP contribution in [0.5, 0.6) is 5.75 Å². The number of para-hydroxylation sites is 1. The van der Waals surface area contributed by atoms with E-state index in [9.17, 15) is 10.1 Å². The van der Waals surface area contributed by atoms with Gasteiger partial charge in [0.1, 0.15) is 5.69 Å². The van der Waals surface area contributed by atoms with Gasteiger partial charge in [-0.25, -0.2) is 0 Å². The summed E-state index contributed by atoms with van der Waals surface area (Å²) in [5.41, 5.74) is 0.464. The molecule has 0 amide bonds. The number of benzene rings is 1. The van der Waals surface area contributed by atoms with Gasteiger partial charge in [-0.15, -0.1) is 0 Å². The van der Waals surface area contributed by atoms with Crippen LogP contribution < -0.4 is 10.1 Å². The molecule has 0 aliphatic carbocycles. The zero-order valence-corrected chi connectivity index (χ0v) is 12.7. The molecule has 2 N–H and O–H groups in total. The molecule has 1 unspecified atom stereocenters. The Hall–Kier alpha value is -1.82. The van der Waals surface area contributed by atoms with E-state index in [1.165, 1.54) is 0 Å². The van der Waals surface area contributed by atoms with Crippen LogP contribution in [0.15, 0.2) is 18.2 Å². The monoisotopic (exact) mass is 296 g/mol. The number of nitro groups is 1. The number of aliphatic hydroxyl groups is 1. The van der Waals surface area contributed by atoms with E-state index in [2.05, 4.69) is 5.32 Å². The van der Waals surface area contributed by atoms with E-state index in [-0.39, 0.29) is 18.2 Å². The predicted octanol–water partition coefficient (Wildman–Crippen LogP) is 3.20. The van der Waals surface area contributed by atoms with E-state index in [1.807, 2.05) is 13.8 Å². The van der Waals surface area contributed by atoms with Gasteiger partial charge in [0.25, 0.3) is 0 Å². The van der Waals surface area contributed by atoms with Crippen LogP contribution in [0.4, 0.5) is 11.4 Å². The van der Waals surface area contributed by atoms with Crippen molar-refractivity contribution >= 4 is 11.4 Å². The number of nitrogens with zero attached hydrogens (tertiary/aromatic N) is 1. The molecule has 1 aromatic carbocycles. The Morgan fingerprint density at radius 3 is 2.86 bits per heavy atom. The molecule has 6 heteroatoms. The largest absolute Gasteiger partial charge is 0.487 e. The maximum absolute atomic E-state index is 11.2. The minimum atomic E-state index is -0.413. The Bertz CT molecular complexity index is 451. The molecule has 0 radical (unpaired) electrons. The van der Waals surface area contributed by atoms with E-state index in [1.54, 1.807) is 18.2 Å². The normalized spacial score (nSPS) is 12.0. The first-order chi connectivity index (χ1) is 10.1. The SMILES string of the molecule is CCCOc1cccc(NCCCC(C)CO)c1[N+](=O)[O-]. The standard InChI is InChI=1S/C15H24N2O4/c1-3-10-21-14-8-4-7-13(15(14)17(19)20)16-9-5-6-12(2)11-18/h4,7-8,12,16,18H,3,5-6,9-11H2,1-2H3. The average Bonchev–Trinajstić information content (AvgIpc) is 2.48. The van der Waals surface area contributed by atoms with Crippen LogP contribution in [0.2, 0.25) is 0 Å². The average molecular weight is 296 g/mol. The Kier molecular flexibility index (Phi) is 7.53. The second-order valence-corrected chi connectivity index (χ2v) is 5.11. The summed E-state index contributed by atoms with van der Waals surface area (Å²) in [5, 5.41) is 23.3. The van der Waals surface area contributed by atoms with Crippen LogP contribution in [0.25, 0.3) is 0 Å². The van der Waals surface area contributed by atoms with Gasteiger partial charge in [-0.3, -0.25) is 10.1 Å². The number of nitrogens with one attached hydrogen (secondary N) is 1. The third-order valence-electron chi connectivity index (χ3n) is 3.14. The van der Waals surface area contributed by atoms with Crippen molar-refractivity contribution in [1.29, 1.82) is 0 Å². The van der Waals surface area contributed by atoms with Gasteiger partial charge in [-0.1, -0.05) is 19.9 Å². The Labute approximate surface area is 125 Å². The van der Waals surface area contributed by atoms with Crippen molar-refractivity contribution in [2.75, 3.05) is 25.1 Å². The topological polar surface area (TPSA) is 84.6 Å². The zero-order chi connectivity index (χ0) is 15.7. The first kappa shape index (κ1) is 17.2. The lowest BCUT2D eigenvalue weighted by atomic mass is 10.1. The number of hydrogen-bond acceptors (Lipinski definition) is 5. The predicted molar refractivity (Wildman–Crippen MR) is 82.9 cm³/mol. The maximum Gasteiger partial charge on any atom is 0.333 e. The quantitative estimate of drug-likeness (QED) is 0.393.